The molecule has 0 saturated carbocycles. The maximum absolute atomic E-state index is 12.3. The van der Waals surface area contributed by atoms with E-state index >= 15 is 0 Å². The van der Waals surface area contributed by atoms with Crippen LogP contribution in [0.25, 0.3) is 0 Å². The summed E-state index contributed by atoms with van der Waals surface area (Å²) in [6.45, 7) is 4.69. The molecule has 0 fully saturated rings. The quantitative estimate of drug-likeness (QED) is 0.835. The van der Waals surface area contributed by atoms with Gasteiger partial charge in [-0.05, 0) is 44.5 Å². The summed E-state index contributed by atoms with van der Waals surface area (Å²) in [6, 6.07) is 5.81. The average Bonchev–Trinajstić information content (AvgIpc) is 2.40. The fraction of sp³-hybridized carbons (Fsp3) is 0.500. The number of carbonyl (C=O) groups is 1. The van der Waals surface area contributed by atoms with Crippen LogP contribution in [0.2, 0.25) is 0 Å². The summed E-state index contributed by atoms with van der Waals surface area (Å²) in [5.41, 5.74) is 13.2. The topological polar surface area (TPSA) is 81.6 Å². The summed E-state index contributed by atoms with van der Waals surface area (Å²) in [5.74, 6) is 0.684. The SMILES string of the molecule is CC1Oc2ccc(CCN)cc2N(C(C)CN)C1=O. The lowest BCUT2D eigenvalue weighted by atomic mass is 10.1. The van der Waals surface area contributed by atoms with Crippen molar-refractivity contribution >= 4 is 11.6 Å². The summed E-state index contributed by atoms with van der Waals surface area (Å²) in [5, 5.41) is 0. The van der Waals surface area contributed by atoms with Crippen LogP contribution in [0.4, 0.5) is 5.69 Å². The van der Waals surface area contributed by atoms with E-state index < -0.39 is 6.10 Å². The Morgan fingerprint density at radius 3 is 2.79 bits per heavy atom. The predicted molar refractivity (Wildman–Crippen MR) is 75.3 cm³/mol. The molecule has 4 N–H and O–H groups in total. The van der Waals surface area contributed by atoms with Crippen molar-refractivity contribution in [3.8, 4) is 5.75 Å². The van der Waals surface area contributed by atoms with E-state index in [0.29, 0.717) is 13.1 Å². The zero-order valence-corrected chi connectivity index (χ0v) is 11.4. The highest BCUT2D eigenvalue weighted by molar-refractivity contribution is 6.00. The summed E-state index contributed by atoms with van der Waals surface area (Å²) in [7, 11) is 0. The lowest BCUT2D eigenvalue weighted by Crippen LogP contribution is -2.51. The first-order chi connectivity index (χ1) is 9.08. The number of anilines is 1. The minimum absolute atomic E-state index is 0.0460. The third-order valence-electron chi connectivity index (χ3n) is 3.39. The molecule has 2 rings (SSSR count). The lowest BCUT2D eigenvalue weighted by molar-refractivity contribution is -0.126. The average molecular weight is 263 g/mol. The third-order valence-corrected chi connectivity index (χ3v) is 3.39. The largest absolute Gasteiger partial charge is 0.479 e. The molecule has 1 aromatic rings. The molecule has 1 aliphatic heterocycles. The highest BCUT2D eigenvalue weighted by Crippen LogP contribution is 2.36. The molecule has 0 radical (unpaired) electrons. The van der Waals surface area contributed by atoms with Crippen LogP contribution in [0, 0.1) is 0 Å². The number of benzene rings is 1. The molecule has 0 saturated heterocycles. The van der Waals surface area contributed by atoms with Crippen LogP contribution in [0.15, 0.2) is 18.2 Å². The Morgan fingerprint density at radius 1 is 1.42 bits per heavy atom. The van der Waals surface area contributed by atoms with Gasteiger partial charge in [-0.25, -0.2) is 0 Å². The van der Waals surface area contributed by atoms with Gasteiger partial charge in [-0.3, -0.25) is 4.79 Å². The minimum Gasteiger partial charge on any atom is -0.479 e. The summed E-state index contributed by atoms with van der Waals surface area (Å²) < 4.78 is 5.64. The molecule has 104 valence electrons. The van der Waals surface area contributed by atoms with Gasteiger partial charge in [-0.2, -0.15) is 0 Å². The van der Waals surface area contributed by atoms with Gasteiger partial charge in [0.2, 0.25) is 0 Å². The van der Waals surface area contributed by atoms with Crippen molar-refractivity contribution in [3.05, 3.63) is 23.8 Å². The third kappa shape index (κ3) is 2.57. The van der Waals surface area contributed by atoms with E-state index in [1.54, 1.807) is 11.8 Å². The van der Waals surface area contributed by atoms with Crippen LogP contribution >= 0.6 is 0 Å². The molecular formula is C14H21N3O2. The van der Waals surface area contributed by atoms with Crippen LogP contribution in [0.1, 0.15) is 19.4 Å². The van der Waals surface area contributed by atoms with E-state index in [4.69, 9.17) is 16.2 Å². The van der Waals surface area contributed by atoms with Crippen molar-refractivity contribution in [2.75, 3.05) is 18.0 Å². The first-order valence-electron chi connectivity index (χ1n) is 6.61. The van der Waals surface area contributed by atoms with Crippen molar-refractivity contribution in [2.24, 2.45) is 11.5 Å². The molecule has 1 aliphatic rings. The number of carbonyl (C=O) groups excluding carboxylic acids is 1. The molecule has 2 unspecified atom stereocenters. The van der Waals surface area contributed by atoms with Gasteiger partial charge in [-0.1, -0.05) is 6.07 Å². The van der Waals surface area contributed by atoms with E-state index in [1.165, 1.54) is 0 Å². The Labute approximate surface area is 113 Å². The molecule has 1 amide bonds. The van der Waals surface area contributed by atoms with Gasteiger partial charge < -0.3 is 21.1 Å². The minimum atomic E-state index is -0.471. The molecule has 0 aliphatic carbocycles. The number of hydrogen-bond acceptors (Lipinski definition) is 4. The van der Waals surface area contributed by atoms with Crippen molar-refractivity contribution in [2.45, 2.75) is 32.4 Å². The van der Waals surface area contributed by atoms with Crippen LogP contribution in [-0.2, 0) is 11.2 Å². The fourth-order valence-electron chi connectivity index (χ4n) is 2.29. The van der Waals surface area contributed by atoms with Crippen LogP contribution in [0.5, 0.6) is 5.75 Å². The standard InChI is InChI=1S/C14H21N3O2/c1-9(8-16)17-12-7-11(5-6-15)3-4-13(12)19-10(2)14(17)18/h3-4,7,9-10H,5-6,8,15-16H2,1-2H3. The Hall–Kier alpha value is -1.59. The Morgan fingerprint density at radius 2 is 2.16 bits per heavy atom. The molecule has 0 aromatic heterocycles. The Bertz CT molecular complexity index is 476. The number of amides is 1. The zero-order chi connectivity index (χ0) is 14.0. The number of rotatable bonds is 4. The fourth-order valence-corrected chi connectivity index (χ4v) is 2.29. The zero-order valence-electron chi connectivity index (χ0n) is 11.4. The Balaban J connectivity index is 2.44. The van der Waals surface area contributed by atoms with Gasteiger partial charge in [0.05, 0.1) is 5.69 Å². The van der Waals surface area contributed by atoms with Crippen molar-refractivity contribution < 1.29 is 9.53 Å². The molecule has 0 spiro atoms. The molecule has 0 bridgehead atoms. The first-order valence-corrected chi connectivity index (χ1v) is 6.61. The number of nitrogens with two attached hydrogens (primary N) is 2. The molecule has 2 atom stereocenters. The number of hydrogen-bond donors (Lipinski definition) is 2. The van der Waals surface area contributed by atoms with Crippen LogP contribution in [-0.4, -0.2) is 31.1 Å². The monoisotopic (exact) mass is 263 g/mol. The predicted octanol–water partition coefficient (Wildman–Crippen LogP) is 0.649. The Kier molecular flexibility index (Phi) is 4.07. The van der Waals surface area contributed by atoms with Gasteiger partial charge in [0.1, 0.15) is 5.75 Å². The van der Waals surface area contributed by atoms with E-state index in [9.17, 15) is 4.79 Å². The van der Waals surface area contributed by atoms with Gasteiger partial charge in [-0.15, -0.1) is 0 Å². The molecule has 19 heavy (non-hydrogen) atoms. The molecular weight excluding hydrogens is 242 g/mol. The summed E-state index contributed by atoms with van der Waals surface area (Å²) in [6.07, 6.45) is 0.309. The second-order valence-electron chi connectivity index (χ2n) is 4.89. The first kappa shape index (κ1) is 13.8. The molecule has 5 heteroatoms. The lowest BCUT2D eigenvalue weighted by Gasteiger charge is -2.36. The molecule has 1 aromatic carbocycles. The smallest absolute Gasteiger partial charge is 0.268 e. The second kappa shape index (κ2) is 5.59. The van der Waals surface area contributed by atoms with Crippen molar-refractivity contribution in [1.82, 2.24) is 0 Å². The van der Waals surface area contributed by atoms with Crippen molar-refractivity contribution in [3.63, 3.8) is 0 Å². The van der Waals surface area contributed by atoms with Gasteiger partial charge in [0.25, 0.3) is 5.91 Å². The summed E-state index contributed by atoms with van der Waals surface area (Å²) >= 11 is 0. The maximum atomic E-state index is 12.3. The normalized spacial score (nSPS) is 19.9. The number of nitrogens with zero attached hydrogens (tertiary/aromatic N) is 1. The van der Waals surface area contributed by atoms with Gasteiger partial charge in [0, 0.05) is 12.6 Å². The van der Waals surface area contributed by atoms with Crippen molar-refractivity contribution in [1.29, 1.82) is 0 Å². The van der Waals surface area contributed by atoms with E-state index in [1.807, 2.05) is 25.1 Å². The van der Waals surface area contributed by atoms with Gasteiger partial charge >= 0.3 is 0 Å². The van der Waals surface area contributed by atoms with E-state index in [-0.39, 0.29) is 11.9 Å². The highest BCUT2D eigenvalue weighted by Gasteiger charge is 2.34. The second-order valence-corrected chi connectivity index (χ2v) is 4.89. The van der Waals surface area contributed by atoms with E-state index in [2.05, 4.69) is 0 Å². The maximum Gasteiger partial charge on any atom is 0.268 e. The number of fused-ring (bicyclic) bond motifs is 1. The highest BCUT2D eigenvalue weighted by atomic mass is 16.5. The van der Waals surface area contributed by atoms with Gasteiger partial charge in [0.15, 0.2) is 6.10 Å². The molecule has 1 heterocycles. The van der Waals surface area contributed by atoms with E-state index in [0.717, 1.165) is 23.4 Å². The number of ether oxygens (including phenoxy) is 1. The molecule has 5 nitrogen and oxygen atoms in total. The van der Waals surface area contributed by atoms with Crippen LogP contribution in [0.3, 0.4) is 0 Å². The summed E-state index contributed by atoms with van der Waals surface area (Å²) in [4.78, 5) is 14.0. The van der Waals surface area contributed by atoms with Crippen LogP contribution < -0.4 is 21.1 Å².